The molecule has 0 radical (unpaired) electrons. The minimum atomic E-state index is -5.08. The van der Waals surface area contributed by atoms with Gasteiger partial charge in [-0.1, -0.05) is 0 Å². The lowest BCUT2D eigenvalue weighted by atomic mass is 10.1. The summed E-state index contributed by atoms with van der Waals surface area (Å²) in [6, 6.07) is 4.06. The molecule has 1 aliphatic heterocycles. The first-order valence-electron chi connectivity index (χ1n) is 11.0. The summed E-state index contributed by atoms with van der Waals surface area (Å²) >= 11 is 0. The highest BCUT2D eigenvalue weighted by molar-refractivity contribution is 5.96. The molecule has 0 unspecified atom stereocenters. The van der Waals surface area contributed by atoms with Crippen LogP contribution in [0.5, 0.6) is 0 Å². The van der Waals surface area contributed by atoms with E-state index in [4.69, 9.17) is 14.6 Å². The Kier molecular flexibility index (Phi) is 12.1. The van der Waals surface area contributed by atoms with Crippen LogP contribution in [-0.4, -0.2) is 90.8 Å². The maximum atomic E-state index is 12.9. The lowest BCUT2D eigenvalue weighted by Gasteiger charge is -2.30. The number of carbonyl (C=O) groups is 3. The predicted molar refractivity (Wildman–Crippen MR) is 116 cm³/mol. The Labute approximate surface area is 204 Å². The van der Waals surface area contributed by atoms with Crippen LogP contribution in [0.25, 0.3) is 0 Å². The fraction of sp³-hybridized carbons (Fsp3) is 0.591. The molecule has 0 atom stereocenters. The summed E-state index contributed by atoms with van der Waals surface area (Å²) in [6.07, 6.45) is -8.97. The van der Waals surface area contributed by atoms with Crippen LogP contribution in [0.3, 0.4) is 0 Å². The van der Waals surface area contributed by atoms with Crippen LogP contribution in [0.1, 0.15) is 36.2 Å². The molecular formula is C22H29F6N3O5. The number of benzene rings is 1. The molecule has 2 amide bonds. The van der Waals surface area contributed by atoms with Crippen LogP contribution in [0, 0.1) is 0 Å². The number of ether oxygens (including phenoxy) is 1. The maximum absolute atomic E-state index is 12.9. The highest BCUT2D eigenvalue weighted by atomic mass is 19.4. The maximum Gasteiger partial charge on any atom is 0.490 e. The van der Waals surface area contributed by atoms with Gasteiger partial charge in [-0.15, -0.1) is 0 Å². The molecule has 8 nitrogen and oxygen atoms in total. The average Bonchev–Trinajstić information content (AvgIpc) is 2.80. The third-order valence-corrected chi connectivity index (χ3v) is 4.81. The Hall–Kier alpha value is -2.87. The molecular weight excluding hydrogens is 500 g/mol. The average molecular weight is 529 g/mol. The topological polar surface area (TPSA) is 99.2 Å². The Balaban J connectivity index is 0.000000809. The number of nitrogens with one attached hydrogen (secondary N) is 1. The quantitative estimate of drug-likeness (QED) is 0.397. The van der Waals surface area contributed by atoms with Crippen LogP contribution in [-0.2, 0) is 20.5 Å². The van der Waals surface area contributed by atoms with Crippen molar-refractivity contribution in [3.63, 3.8) is 0 Å². The van der Waals surface area contributed by atoms with Crippen LogP contribution in [0.15, 0.2) is 24.3 Å². The molecule has 0 spiro atoms. The SMILES string of the molecule is CC(C)OCCCN(CC(=O)N1CCNCC1)C(=O)c1ccc(C(F)(F)F)cc1.O=C(O)C(F)(F)F. The van der Waals surface area contributed by atoms with Crippen molar-refractivity contribution in [2.24, 2.45) is 0 Å². The van der Waals surface area contributed by atoms with E-state index in [1.54, 1.807) is 4.90 Å². The lowest BCUT2D eigenvalue weighted by molar-refractivity contribution is -0.192. The van der Waals surface area contributed by atoms with Gasteiger partial charge in [-0.25, -0.2) is 4.79 Å². The number of carboxylic acid groups (broad SMARTS) is 1. The predicted octanol–water partition coefficient (Wildman–Crippen LogP) is 3.03. The van der Waals surface area contributed by atoms with Crippen LogP contribution < -0.4 is 5.32 Å². The fourth-order valence-electron chi connectivity index (χ4n) is 2.99. The number of piperazine rings is 1. The van der Waals surface area contributed by atoms with Crippen LogP contribution in [0.4, 0.5) is 26.3 Å². The first-order chi connectivity index (χ1) is 16.6. The van der Waals surface area contributed by atoms with Crippen molar-refractivity contribution < 1.29 is 50.6 Å². The summed E-state index contributed by atoms with van der Waals surface area (Å²) in [5.41, 5.74) is -0.696. The number of hydrogen-bond acceptors (Lipinski definition) is 5. The molecule has 0 saturated carbocycles. The summed E-state index contributed by atoms with van der Waals surface area (Å²) in [5, 5.41) is 10.3. The minimum absolute atomic E-state index is 0.0524. The van der Waals surface area contributed by atoms with Crippen LogP contribution in [0.2, 0.25) is 0 Å². The Morgan fingerprint density at radius 3 is 2.03 bits per heavy atom. The summed E-state index contributed by atoms with van der Waals surface area (Å²) in [4.78, 5) is 37.4. The van der Waals surface area contributed by atoms with E-state index in [0.29, 0.717) is 39.2 Å². The lowest BCUT2D eigenvalue weighted by Crippen LogP contribution is -2.50. The van der Waals surface area contributed by atoms with Crippen molar-refractivity contribution in [1.29, 1.82) is 0 Å². The van der Waals surface area contributed by atoms with E-state index < -0.39 is 29.8 Å². The third kappa shape index (κ3) is 11.2. The van der Waals surface area contributed by atoms with Crippen molar-refractivity contribution >= 4 is 17.8 Å². The molecule has 14 heteroatoms. The van der Waals surface area contributed by atoms with Gasteiger partial charge in [0.1, 0.15) is 6.54 Å². The normalized spacial score (nSPS) is 14.2. The molecule has 1 aromatic rings. The number of carboxylic acids is 1. The van der Waals surface area contributed by atoms with E-state index in [9.17, 15) is 35.9 Å². The van der Waals surface area contributed by atoms with Gasteiger partial charge in [0.2, 0.25) is 5.91 Å². The number of alkyl halides is 6. The zero-order valence-electron chi connectivity index (χ0n) is 19.8. The fourth-order valence-corrected chi connectivity index (χ4v) is 2.99. The molecule has 1 aliphatic rings. The van der Waals surface area contributed by atoms with Gasteiger partial charge in [-0.05, 0) is 44.5 Å². The molecule has 36 heavy (non-hydrogen) atoms. The van der Waals surface area contributed by atoms with E-state index in [-0.39, 0.29) is 30.7 Å². The number of hydrogen-bond donors (Lipinski definition) is 2. The summed E-state index contributed by atoms with van der Waals surface area (Å²) in [6.45, 7) is 6.93. The molecule has 0 aromatic heterocycles. The molecule has 1 saturated heterocycles. The Bertz CT molecular complexity index is 853. The van der Waals surface area contributed by atoms with E-state index in [0.717, 1.165) is 24.3 Å². The van der Waals surface area contributed by atoms with Crippen LogP contribution >= 0.6 is 0 Å². The van der Waals surface area contributed by atoms with Gasteiger partial charge in [-0.2, -0.15) is 26.3 Å². The van der Waals surface area contributed by atoms with Crippen molar-refractivity contribution in [1.82, 2.24) is 15.1 Å². The first kappa shape index (κ1) is 31.2. The molecule has 0 bridgehead atoms. The number of aliphatic carboxylic acids is 1. The molecule has 1 fully saturated rings. The van der Waals surface area contributed by atoms with Gasteiger partial charge < -0.3 is 25.0 Å². The number of carbonyl (C=O) groups excluding carboxylic acids is 2. The zero-order valence-corrected chi connectivity index (χ0v) is 19.8. The second kappa shape index (κ2) is 14.0. The molecule has 0 aliphatic carbocycles. The first-order valence-corrected chi connectivity index (χ1v) is 11.0. The highest BCUT2D eigenvalue weighted by Gasteiger charge is 2.38. The van der Waals surface area contributed by atoms with Gasteiger partial charge in [0.15, 0.2) is 0 Å². The Morgan fingerprint density at radius 1 is 1.06 bits per heavy atom. The molecule has 2 N–H and O–H groups in total. The largest absolute Gasteiger partial charge is 0.490 e. The third-order valence-electron chi connectivity index (χ3n) is 4.81. The second-order valence-corrected chi connectivity index (χ2v) is 8.01. The zero-order chi connectivity index (χ0) is 27.5. The summed E-state index contributed by atoms with van der Waals surface area (Å²) < 4.78 is 75.5. The van der Waals surface area contributed by atoms with Gasteiger partial charge in [0.05, 0.1) is 11.7 Å². The van der Waals surface area contributed by atoms with E-state index in [1.165, 1.54) is 4.90 Å². The van der Waals surface area contributed by atoms with E-state index >= 15 is 0 Å². The molecule has 2 rings (SSSR count). The van der Waals surface area contributed by atoms with Crippen molar-refractivity contribution in [3.05, 3.63) is 35.4 Å². The molecule has 204 valence electrons. The van der Waals surface area contributed by atoms with Crippen molar-refractivity contribution in [2.75, 3.05) is 45.9 Å². The molecule has 1 heterocycles. The summed E-state index contributed by atoms with van der Waals surface area (Å²) in [5.74, 6) is -3.39. The van der Waals surface area contributed by atoms with E-state index in [2.05, 4.69) is 5.32 Å². The van der Waals surface area contributed by atoms with Gasteiger partial charge in [-0.3, -0.25) is 9.59 Å². The summed E-state index contributed by atoms with van der Waals surface area (Å²) in [7, 11) is 0. The van der Waals surface area contributed by atoms with Crippen molar-refractivity contribution in [2.45, 2.75) is 38.7 Å². The number of halogens is 6. The van der Waals surface area contributed by atoms with Gasteiger partial charge >= 0.3 is 18.3 Å². The van der Waals surface area contributed by atoms with Gasteiger partial charge in [0, 0.05) is 44.9 Å². The smallest absolute Gasteiger partial charge is 0.475 e. The van der Waals surface area contributed by atoms with E-state index in [1.807, 2.05) is 13.8 Å². The standard InChI is InChI=1S/C20H28F3N3O3.C2HF3O2/c1-15(2)29-13-3-10-26(14-18(27)25-11-8-24-9-12-25)19(28)16-4-6-17(7-5-16)20(21,22)23;3-2(4,5)1(6)7/h4-7,15,24H,3,8-14H2,1-2H3;(H,6,7). The second-order valence-electron chi connectivity index (χ2n) is 8.01. The number of nitrogens with zero attached hydrogens (tertiary/aromatic N) is 2. The van der Waals surface area contributed by atoms with Gasteiger partial charge in [0.25, 0.3) is 5.91 Å². The molecule has 1 aromatic carbocycles. The number of rotatable bonds is 8. The Morgan fingerprint density at radius 2 is 1.58 bits per heavy atom. The minimum Gasteiger partial charge on any atom is -0.475 e. The highest BCUT2D eigenvalue weighted by Crippen LogP contribution is 2.29. The number of amides is 2. The van der Waals surface area contributed by atoms with Crippen molar-refractivity contribution in [3.8, 4) is 0 Å². The monoisotopic (exact) mass is 529 g/mol.